The number of piperazine rings is 1. The van der Waals surface area contributed by atoms with Crippen LogP contribution in [0.1, 0.15) is 35.5 Å². The molecule has 4 rings (SSSR count). The molecule has 0 radical (unpaired) electrons. The van der Waals surface area contributed by atoms with Crippen LogP contribution in [0.15, 0.2) is 47.0 Å². The molecule has 0 spiro atoms. The number of nitrogens with zero attached hydrogens (tertiary/aromatic N) is 3. The largest absolute Gasteiger partial charge is 0.496 e. The molecule has 0 aliphatic carbocycles. The van der Waals surface area contributed by atoms with E-state index in [0.29, 0.717) is 43.6 Å². The molecule has 1 aromatic heterocycles. The number of rotatable bonds is 7. The number of ether oxygens (including phenoxy) is 1. The number of anilines is 1. The minimum Gasteiger partial charge on any atom is -0.496 e. The van der Waals surface area contributed by atoms with Crippen LogP contribution >= 0.6 is 0 Å². The van der Waals surface area contributed by atoms with Crippen molar-refractivity contribution in [1.29, 1.82) is 0 Å². The Labute approximate surface area is 206 Å². The smallest absolute Gasteiger partial charge is 0.318 e. The molecular formula is C27H34N4O4. The van der Waals surface area contributed by atoms with Gasteiger partial charge in [-0.3, -0.25) is 0 Å². The van der Waals surface area contributed by atoms with Crippen LogP contribution in [-0.4, -0.2) is 60.9 Å². The molecule has 35 heavy (non-hydrogen) atoms. The van der Waals surface area contributed by atoms with Gasteiger partial charge in [0.25, 0.3) is 0 Å². The zero-order valence-electron chi connectivity index (χ0n) is 20.9. The zero-order valence-corrected chi connectivity index (χ0v) is 20.9. The van der Waals surface area contributed by atoms with Crippen molar-refractivity contribution in [3.63, 3.8) is 0 Å². The number of nitrogens with one attached hydrogen (secondary N) is 1. The van der Waals surface area contributed by atoms with Gasteiger partial charge in [0.15, 0.2) is 11.7 Å². The Hall–Kier alpha value is -3.52. The monoisotopic (exact) mass is 478 g/mol. The molecule has 2 aromatic carbocycles. The van der Waals surface area contributed by atoms with Gasteiger partial charge < -0.3 is 29.4 Å². The van der Waals surface area contributed by atoms with E-state index in [1.165, 1.54) is 11.1 Å². The van der Waals surface area contributed by atoms with Crippen LogP contribution in [0, 0.1) is 13.8 Å². The Morgan fingerprint density at radius 1 is 1.17 bits per heavy atom. The number of hydrogen-bond acceptors (Lipinski definition) is 6. The highest BCUT2D eigenvalue weighted by atomic mass is 16.5. The fourth-order valence-corrected chi connectivity index (χ4v) is 4.50. The van der Waals surface area contributed by atoms with Crippen molar-refractivity contribution in [3.8, 4) is 17.1 Å². The summed E-state index contributed by atoms with van der Waals surface area (Å²) in [5, 5.41) is 12.9. The van der Waals surface area contributed by atoms with Crippen molar-refractivity contribution >= 4 is 11.7 Å². The van der Waals surface area contributed by atoms with E-state index in [-0.39, 0.29) is 12.6 Å². The highest BCUT2D eigenvalue weighted by molar-refractivity contribution is 5.75. The molecule has 2 heterocycles. The Balaban J connectivity index is 1.38. The summed E-state index contributed by atoms with van der Waals surface area (Å²) in [6.45, 7) is 8.42. The van der Waals surface area contributed by atoms with Crippen molar-refractivity contribution in [3.05, 3.63) is 65.2 Å². The normalized spacial score (nSPS) is 14.7. The molecule has 8 nitrogen and oxygen atoms in total. The SMILES string of the molecule is CCc1cc(C(CO)NC(=O)N2CCN(c3ccc(-c4cnc(C)o4)c(OC)c3)CC2)ccc1C. The fourth-order valence-electron chi connectivity index (χ4n) is 4.50. The molecule has 0 saturated carbocycles. The molecule has 3 aromatic rings. The minimum absolute atomic E-state index is 0.144. The summed E-state index contributed by atoms with van der Waals surface area (Å²) in [6, 6.07) is 11.5. The number of methoxy groups -OCH3 is 1. The van der Waals surface area contributed by atoms with Gasteiger partial charge in [0.2, 0.25) is 0 Å². The number of benzene rings is 2. The third-order valence-corrected chi connectivity index (χ3v) is 6.64. The topological polar surface area (TPSA) is 91.1 Å². The van der Waals surface area contributed by atoms with Crippen LogP contribution in [0.5, 0.6) is 5.75 Å². The summed E-state index contributed by atoms with van der Waals surface area (Å²) in [5.41, 5.74) is 5.25. The van der Waals surface area contributed by atoms with E-state index in [9.17, 15) is 9.90 Å². The fraction of sp³-hybridized carbons (Fsp3) is 0.407. The molecule has 1 unspecified atom stereocenters. The number of carbonyl (C=O) groups excluding carboxylic acids is 1. The average molecular weight is 479 g/mol. The van der Waals surface area contributed by atoms with E-state index in [1.54, 1.807) is 18.2 Å². The molecule has 1 aliphatic rings. The van der Waals surface area contributed by atoms with Gasteiger partial charge in [-0.15, -0.1) is 0 Å². The van der Waals surface area contributed by atoms with Crippen molar-refractivity contribution < 1.29 is 19.1 Å². The highest BCUT2D eigenvalue weighted by Crippen LogP contribution is 2.34. The lowest BCUT2D eigenvalue weighted by molar-refractivity contribution is 0.179. The second-order valence-electron chi connectivity index (χ2n) is 8.83. The van der Waals surface area contributed by atoms with E-state index < -0.39 is 6.04 Å². The number of amides is 2. The van der Waals surface area contributed by atoms with E-state index in [2.05, 4.69) is 35.1 Å². The first-order valence-corrected chi connectivity index (χ1v) is 12.0. The number of hydrogen-bond donors (Lipinski definition) is 2. The summed E-state index contributed by atoms with van der Waals surface area (Å²) in [4.78, 5) is 21.2. The standard InChI is InChI=1S/C27H34N4O4/c1-5-20-14-21(7-6-18(20)2)24(17-32)29-27(33)31-12-10-30(11-13-31)22-8-9-23(25(15-22)34-4)26-16-28-19(3)35-26/h6-9,14-16,24,32H,5,10-13,17H2,1-4H3,(H,29,33). The van der Waals surface area contributed by atoms with Gasteiger partial charge in [-0.05, 0) is 42.2 Å². The summed E-state index contributed by atoms with van der Waals surface area (Å²) in [5.74, 6) is 2.00. The van der Waals surface area contributed by atoms with Gasteiger partial charge in [-0.2, -0.15) is 0 Å². The van der Waals surface area contributed by atoms with E-state index >= 15 is 0 Å². The summed E-state index contributed by atoms with van der Waals surface area (Å²) in [6.07, 6.45) is 2.61. The minimum atomic E-state index is -0.428. The van der Waals surface area contributed by atoms with E-state index in [4.69, 9.17) is 9.15 Å². The lowest BCUT2D eigenvalue weighted by Crippen LogP contribution is -2.52. The molecule has 1 fully saturated rings. The maximum Gasteiger partial charge on any atom is 0.318 e. The van der Waals surface area contributed by atoms with Gasteiger partial charge in [-0.1, -0.05) is 25.1 Å². The number of carbonyl (C=O) groups is 1. The van der Waals surface area contributed by atoms with Gasteiger partial charge in [0, 0.05) is 44.9 Å². The van der Waals surface area contributed by atoms with Crippen LogP contribution in [-0.2, 0) is 6.42 Å². The predicted molar refractivity (Wildman–Crippen MR) is 136 cm³/mol. The van der Waals surface area contributed by atoms with Gasteiger partial charge in [0.05, 0.1) is 31.5 Å². The second-order valence-corrected chi connectivity index (χ2v) is 8.83. The molecular weight excluding hydrogens is 444 g/mol. The summed E-state index contributed by atoms with van der Waals surface area (Å²) in [7, 11) is 1.64. The van der Waals surface area contributed by atoms with Crippen molar-refractivity contribution in [1.82, 2.24) is 15.2 Å². The molecule has 0 bridgehead atoms. The molecule has 1 atom stereocenters. The molecule has 2 amide bonds. The Kier molecular flexibility index (Phi) is 7.60. The third-order valence-electron chi connectivity index (χ3n) is 6.64. The summed E-state index contributed by atoms with van der Waals surface area (Å²) < 4.78 is 11.3. The third kappa shape index (κ3) is 5.43. The zero-order chi connectivity index (χ0) is 24.9. The van der Waals surface area contributed by atoms with Crippen molar-refractivity contribution in [2.75, 3.05) is 44.8 Å². The van der Waals surface area contributed by atoms with Crippen LogP contribution in [0.4, 0.5) is 10.5 Å². The lowest BCUT2D eigenvalue weighted by Gasteiger charge is -2.37. The van der Waals surface area contributed by atoms with E-state index in [0.717, 1.165) is 23.2 Å². The summed E-state index contributed by atoms with van der Waals surface area (Å²) >= 11 is 0. The Morgan fingerprint density at radius 3 is 2.57 bits per heavy atom. The van der Waals surface area contributed by atoms with Gasteiger partial charge in [0.1, 0.15) is 5.75 Å². The lowest BCUT2D eigenvalue weighted by atomic mass is 9.99. The second kappa shape index (κ2) is 10.8. The number of aromatic nitrogens is 1. The molecule has 186 valence electrons. The molecule has 8 heteroatoms. The van der Waals surface area contributed by atoms with Crippen LogP contribution in [0.2, 0.25) is 0 Å². The number of oxazole rings is 1. The first kappa shape index (κ1) is 24.6. The Morgan fingerprint density at radius 2 is 1.94 bits per heavy atom. The number of aliphatic hydroxyl groups is 1. The van der Waals surface area contributed by atoms with Gasteiger partial charge in [-0.25, -0.2) is 9.78 Å². The van der Waals surface area contributed by atoms with Crippen molar-refractivity contribution in [2.24, 2.45) is 0 Å². The van der Waals surface area contributed by atoms with Crippen LogP contribution in [0.25, 0.3) is 11.3 Å². The van der Waals surface area contributed by atoms with Crippen LogP contribution in [0.3, 0.4) is 0 Å². The Bertz CT molecular complexity index is 1170. The first-order chi connectivity index (χ1) is 16.9. The highest BCUT2D eigenvalue weighted by Gasteiger charge is 2.24. The molecule has 2 N–H and O–H groups in total. The first-order valence-electron chi connectivity index (χ1n) is 12.0. The molecule has 1 saturated heterocycles. The quantitative estimate of drug-likeness (QED) is 0.532. The number of urea groups is 1. The van der Waals surface area contributed by atoms with Crippen molar-refractivity contribution in [2.45, 2.75) is 33.2 Å². The molecule has 1 aliphatic heterocycles. The van der Waals surface area contributed by atoms with E-state index in [1.807, 2.05) is 37.3 Å². The predicted octanol–water partition coefficient (Wildman–Crippen LogP) is 4.09. The number of aliphatic hydroxyl groups excluding tert-OH is 1. The maximum absolute atomic E-state index is 13.0. The van der Waals surface area contributed by atoms with Gasteiger partial charge >= 0.3 is 6.03 Å². The average Bonchev–Trinajstić information content (AvgIpc) is 3.33. The van der Waals surface area contributed by atoms with Crippen LogP contribution < -0.4 is 15.0 Å². The maximum atomic E-state index is 13.0. The number of aryl methyl sites for hydroxylation is 3.